The van der Waals surface area contributed by atoms with Crippen molar-refractivity contribution in [1.29, 1.82) is 0 Å². The summed E-state index contributed by atoms with van der Waals surface area (Å²) in [6.45, 7) is 0.474. The summed E-state index contributed by atoms with van der Waals surface area (Å²) in [5.74, 6) is -1.31. The van der Waals surface area contributed by atoms with Gasteiger partial charge in [-0.05, 0) is 41.0 Å². The van der Waals surface area contributed by atoms with E-state index in [4.69, 9.17) is 9.84 Å². The molecule has 0 bridgehead atoms. The molecule has 3 aromatic rings. The van der Waals surface area contributed by atoms with Crippen LogP contribution in [0, 0.1) is 5.82 Å². The van der Waals surface area contributed by atoms with E-state index in [1.165, 1.54) is 12.1 Å². The molecule has 1 N–H and O–H groups in total. The quantitative estimate of drug-likeness (QED) is 0.736. The molecule has 0 radical (unpaired) electrons. The van der Waals surface area contributed by atoms with Crippen LogP contribution in [0.3, 0.4) is 0 Å². The van der Waals surface area contributed by atoms with E-state index >= 15 is 0 Å². The molecule has 24 heavy (non-hydrogen) atoms. The molecule has 0 aliphatic heterocycles. The average molecular weight is 322 g/mol. The molecule has 3 nitrogen and oxygen atoms in total. The fourth-order valence-electron chi connectivity index (χ4n) is 2.35. The van der Waals surface area contributed by atoms with Gasteiger partial charge in [-0.3, -0.25) is 0 Å². The summed E-state index contributed by atoms with van der Waals surface area (Å²) in [5.41, 5.74) is 2.15. The molecule has 0 aliphatic carbocycles. The second-order valence-corrected chi connectivity index (χ2v) is 5.30. The van der Waals surface area contributed by atoms with Gasteiger partial charge in [0.05, 0.1) is 5.56 Å². The number of halogens is 1. The fraction of sp³-hybridized carbons (Fsp3) is 0.0500. The zero-order valence-electron chi connectivity index (χ0n) is 12.8. The van der Waals surface area contributed by atoms with E-state index in [1.807, 2.05) is 42.5 Å². The van der Waals surface area contributed by atoms with Crippen LogP contribution in [0.4, 0.5) is 4.39 Å². The molecular weight excluding hydrogens is 307 g/mol. The fourth-order valence-corrected chi connectivity index (χ4v) is 2.35. The summed E-state index contributed by atoms with van der Waals surface area (Å²) in [6.07, 6.45) is 0. The van der Waals surface area contributed by atoms with E-state index in [9.17, 15) is 9.18 Å². The van der Waals surface area contributed by atoms with Crippen molar-refractivity contribution in [3.05, 3.63) is 89.7 Å². The molecule has 0 unspecified atom stereocenters. The minimum atomic E-state index is -1.27. The third-order valence-electron chi connectivity index (χ3n) is 3.64. The van der Waals surface area contributed by atoms with E-state index in [2.05, 4.69) is 0 Å². The Labute approximate surface area is 139 Å². The SMILES string of the molecule is O=C(O)c1ccc(-c2ccc(OCc3ccccc3)cc2)cc1F. The van der Waals surface area contributed by atoms with Gasteiger partial charge in [0.15, 0.2) is 0 Å². The summed E-state index contributed by atoms with van der Waals surface area (Å²) in [6, 6.07) is 21.2. The lowest BCUT2D eigenvalue weighted by atomic mass is 10.0. The van der Waals surface area contributed by atoms with Crippen LogP contribution in [0.25, 0.3) is 11.1 Å². The molecule has 0 aliphatic rings. The number of carboxylic acid groups (broad SMARTS) is 1. The lowest BCUT2D eigenvalue weighted by Gasteiger charge is -2.08. The van der Waals surface area contributed by atoms with Crippen molar-refractivity contribution in [2.24, 2.45) is 0 Å². The molecule has 120 valence electrons. The van der Waals surface area contributed by atoms with Gasteiger partial charge in [-0.25, -0.2) is 9.18 Å². The smallest absolute Gasteiger partial charge is 0.338 e. The molecule has 0 saturated carbocycles. The van der Waals surface area contributed by atoms with Gasteiger partial charge in [0, 0.05) is 0 Å². The van der Waals surface area contributed by atoms with Gasteiger partial charge in [0.25, 0.3) is 0 Å². The van der Waals surface area contributed by atoms with E-state index in [-0.39, 0.29) is 5.56 Å². The Balaban J connectivity index is 1.72. The zero-order valence-corrected chi connectivity index (χ0v) is 12.8. The second kappa shape index (κ2) is 6.96. The number of benzene rings is 3. The first-order chi connectivity index (χ1) is 11.6. The number of ether oxygens (including phenoxy) is 1. The Hall–Kier alpha value is -3.14. The van der Waals surface area contributed by atoms with Crippen molar-refractivity contribution in [3.63, 3.8) is 0 Å². The Kier molecular flexibility index (Phi) is 4.57. The van der Waals surface area contributed by atoms with Crippen molar-refractivity contribution < 1.29 is 19.0 Å². The van der Waals surface area contributed by atoms with Gasteiger partial charge in [-0.1, -0.05) is 48.5 Å². The highest BCUT2D eigenvalue weighted by molar-refractivity contribution is 5.88. The summed E-state index contributed by atoms with van der Waals surface area (Å²) in [7, 11) is 0. The molecule has 0 heterocycles. The van der Waals surface area contributed by atoms with Crippen molar-refractivity contribution >= 4 is 5.97 Å². The Bertz CT molecular complexity index is 843. The Morgan fingerprint density at radius 2 is 1.58 bits per heavy atom. The van der Waals surface area contributed by atoms with Crippen LogP contribution in [0.15, 0.2) is 72.8 Å². The van der Waals surface area contributed by atoms with Gasteiger partial charge in [0.1, 0.15) is 18.2 Å². The highest BCUT2D eigenvalue weighted by Crippen LogP contribution is 2.24. The van der Waals surface area contributed by atoms with Crippen LogP contribution in [0.2, 0.25) is 0 Å². The lowest BCUT2D eigenvalue weighted by molar-refractivity contribution is 0.0692. The van der Waals surface area contributed by atoms with Crippen molar-refractivity contribution in [3.8, 4) is 16.9 Å². The van der Waals surface area contributed by atoms with E-state index in [1.54, 1.807) is 18.2 Å². The molecule has 0 aromatic heterocycles. The number of aromatic carboxylic acids is 1. The zero-order chi connectivity index (χ0) is 16.9. The third kappa shape index (κ3) is 3.60. The van der Waals surface area contributed by atoms with Gasteiger partial charge >= 0.3 is 5.97 Å². The van der Waals surface area contributed by atoms with Crippen LogP contribution in [0.1, 0.15) is 15.9 Å². The number of hydrogen-bond donors (Lipinski definition) is 1. The summed E-state index contributed by atoms with van der Waals surface area (Å²) in [4.78, 5) is 10.8. The number of hydrogen-bond acceptors (Lipinski definition) is 2. The molecule has 0 saturated heterocycles. The third-order valence-corrected chi connectivity index (χ3v) is 3.64. The normalized spacial score (nSPS) is 10.4. The predicted octanol–water partition coefficient (Wildman–Crippen LogP) is 4.77. The van der Waals surface area contributed by atoms with Gasteiger partial charge in [-0.15, -0.1) is 0 Å². The van der Waals surface area contributed by atoms with Crippen molar-refractivity contribution in [2.75, 3.05) is 0 Å². The van der Waals surface area contributed by atoms with Crippen LogP contribution in [-0.4, -0.2) is 11.1 Å². The molecule has 3 rings (SSSR count). The number of rotatable bonds is 5. The first-order valence-corrected chi connectivity index (χ1v) is 7.43. The minimum absolute atomic E-state index is 0.332. The van der Waals surface area contributed by atoms with Gasteiger partial charge in [-0.2, -0.15) is 0 Å². The predicted molar refractivity (Wildman–Crippen MR) is 89.6 cm³/mol. The lowest BCUT2D eigenvalue weighted by Crippen LogP contribution is -2.00. The van der Waals surface area contributed by atoms with Gasteiger partial charge < -0.3 is 9.84 Å². The maximum atomic E-state index is 13.8. The molecule has 4 heteroatoms. The molecule has 0 atom stereocenters. The molecule has 0 spiro atoms. The highest BCUT2D eigenvalue weighted by atomic mass is 19.1. The Morgan fingerprint density at radius 3 is 2.21 bits per heavy atom. The van der Waals surface area contributed by atoms with Crippen LogP contribution in [-0.2, 0) is 6.61 Å². The summed E-state index contributed by atoms with van der Waals surface area (Å²) >= 11 is 0. The standard InChI is InChI=1S/C20H15FO3/c21-19-12-16(8-11-18(19)20(22)23)15-6-9-17(10-7-15)24-13-14-4-2-1-3-5-14/h1-12H,13H2,(H,22,23). The first-order valence-electron chi connectivity index (χ1n) is 7.43. The van der Waals surface area contributed by atoms with Crippen LogP contribution < -0.4 is 4.74 Å². The average Bonchev–Trinajstić information content (AvgIpc) is 2.61. The molecular formula is C20H15FO3. The van der Waals surface area contributed by atoms with E-state index in [0.717, 1.165) is 11.1 Å². The molecule has 3 aromatic carbocycles. The second-order valence-electron chi connectivity index (χ2n) is 5.30. The van der Waals surface area contributed by atoms with Crippen molar-refractivity contribution in [1.82, 2.24) is 0 Å². The Morgan fingerprint density at radius 1 is 0.917 bits per heavy atom. The van der Waals surface area contributed by atoms with Crippen molar-refractivity contribution in [2.45, 2.75) is 6.61 Å². The van der Waals surface area contributed by atoms with Crippen LogP contribution >= 0.6 is 0 Å². The largest absolute Gasteiger partial charge is 0.489 e. The molecule has 0 amide bonds. The van der Waals surface area contributed by atoms with Gasteiger partial charge in [0.2, 0.25) is 0 Å². The van der Waals surface area contributed by atoms with E-state index in [0.29, 0.717) is 17.9 Å². The molecule has 0 fully saturated rings. The first kappa shape index (κ1) is 15.7. The maximum absolute atomic E-state index is 13.8. The minimum Gasteiger partial charge on any atom is -0.489 e. The summed E-state index contributed by atoms with van der Waals surface area (Å²) < 4.78 is 19.5. The topological polar surface area (TPSA) is 46.5 Å². The maximum Gasteiger partial charge on any atom is 0.338 e. The van der Waals surface area contributed by atoms with E-state index < -0.39 is 11.8 Å². The highest BCUT2D eigenvalue weighted by Gasteiger charge is 2.11. The summed E-state index contributed by atoms with van der Waals surface area (Å²) in [5, 5.41) is 8.86. The number of carboxylic acids is 1. The van der Waals surface area contributed by atoms with Crippen LogP contribution in [0.5, 0.6) is 5.75 Å². The number of carbonyl (C=O) groups is 1. The monoisotopic (exact) mass is 322 g/mol.